The van der Waals surface area contributed by atoms with Crippen LogP contribution in [0.3, 0.4) is 0 Å². The maximum Gasteiger partial charge on any atom is 0.314 e. The van der Waals surface area contributed by atoms with Crippen LogP contribution in [0.25, 0.3) is 0 Å². The van der Waals surface area contributed by atoms with Crippen molar-refractivity contribution in [2.75, 3.05) is 33.8 Å². The van der Waals surface area contributed by atoms with Crippen LogP contribution in [-0.4, -0.2) is 49.8 Å². The largest absolute Gasteiger partial charge is 0.396 e. The summed E-state index contributed by atoms with van der Waals surface area (Å²) in [6.07, 6.45) is 1.99. The number of hydrogen-bond acceptors (Lipinski definition) is 3. The van der Waals surface area contributed by atoms with Crippen molar-refractivity contribution < 1.29 is 9.90 Å². The van der Waals surface area contributed by atoms with Crippen molar-refractivity contribution in [3.8, 4) is 0 Å². The topological polar surface area (TPSA) is 64.6 Å². The first-order valence-corrected chi connectivity index (χ1v) is 7.81. The van der Waals surface area contributed by atoms with Crippen molar-refractivity contribution in [2.24, 2.45) is 5.41 Å². The standard InChI is InChI=1S/C17H27N3O2/c1-13-4-6-14(7-5-13)15(20(2)3)10-18-16(22)19-11-17(12-21)8-9-17/h4-7,15,21H,8-12H2,1-3H3,(H2,18,19,22). The molecule has 1 atom stereocenters. The van der Waals surface area contributed by atoms with Gasteiger partial charge in [-0.05, 0) is 39.4 Å². The highest BCUT2D eigenvalue weighted by Gasteiger charge is 2.42. The highest BCUT2D eigenvalue weighted by molar-refractivity contribution is 5.74. The molecule has 0 spiro atoms. The van der Waals surface area contributed by atoms with Gasteiger partial charge in [-0.2, -0.15) is 0 Å². The van der Waals surface area contributed by atoms with Gasteiger partial charge in [-0.1, -0.05) is 29.8 Å². The molecule has 0 heterocycles. The molecule has 2 amide bonds. The molecule has 2 rings (SSSR count). The van der Waals surface area contributed by atoms with Crippen molar-refractivity contribution >= 4 is 6.03 Å². The Morgan fingerprint density at radius 2 is 1.91 bits per heavy atom. The lowest BCUT2D eigenvalue weighted by atomic mass is 10.0. The predicted molar refractivity (Wildman–Crippen MR) is 87.8 cm³/mol. The highest BCUT2D eigenvalue weighted by atomic mass is 16.3. The molecule has 0 saturated heterocycles. The second-order valence-corrected chi connectivity index (χ2v) is 6.61. The summed E-state index contributed by atoms with van der Waals surface area (Å²) < 4.78 is 0. The molecule has 5 nitrogen and oxygen atoms in total. The number of urea groups is 1. The lowest BCUT2D eigenvalue weighted by Gasteiger charge is -2.25. The van der Waals surface area contributed by atoms with Crippen LogP contribution in [-0.2, 0) is 0 Å². The summed E-state index contributed by atoms with van der Waals surface area (Å²) in [5.41, 5.74) is 2.35. The molecule has 1 saturated carbocycles. The first-order chi connectivity index (χ1) is 10.5. The molecule has 0 bridgehead atoms. The number of amides is 2. The van der Waals surface area contributed by atoms with E-state index in [1.165, 1.54) is 11.1 Å². The molecule has 1 fully saturated rings. The molecular weight excluding hydrogens is 278 g/mol. The summed E-state index contributed by atoms with van der Waals surface area (Å²) in [7, 11) is 4.02. The number of benzene rings is 1. The van der Waals surface area contributed by atoms with E-state index < -0.39 is 0 Å². The molecule has 5 heteroatoms. The van der Waals surface area contributed by atoms with Crippen molar-refractivity contribution in [2.45, 2.75) is 25.8 Å². The molecule has 0 aliphatic heterocycles. The van der Waals surface area contributed by atoms with Crippen LogP contribution in [0.4, 0.5) is 4.79 Å². The van der Waals surface area contributed by atoms with E-state index in [1.807, 2.05) is 14.1 Å². The molecule has 22 heavy (non-hydrogen) atoms. The number of likely N-dealkylation sites (N-methyl/N-ethyl adjacent to an activating group) is 1. The third-order valence-electron chi connectivity index (χ3n) is 4.46. The first kappa shape index (κ1) is 16.8. The van der Waals surface area contributed by atoms with Crippen molar-refractivity contribution in [3.63, 3.8) is 0 Å². The average molecular weight is 305 g/mol. The zero-order chi connectivity index (χ0) is 16.2. The van der Waals surface area contributed by atoms with Gasteiger partial charge in [-0.25, -0.2) is 4.79 Å². The fourth-order valence-corrected chi connectivity index (χ4v) is 2.47. The molecule has 0 radical (unpaired) electrons. The van der Waals surface area contributed by atoms with Crippen LogP contribution in [0.2, 0.25) is 0 Å². The van der Waals surface area contributed by atoms with E-state index in [9.17, 15) is 9.90 Å². The van der Waals surface area contributed by atoms with E-state index in [0.29, 0.717) is 13.1 Å². The van der Waals surface area contributed by atoms with Crippen molar-refractivity contribution in [1.82, 2.24) is 15.5 Å². The molecule has 1 aromatic rings. The minimum atomic E-state index is -0.168. The second-order valence-electron chi connectivity index (χ2n) is 6.61. The summed E-state index contributed by atoms with van der Waals surface area (Å²) in [5, 5.41) is 15.0. The quantitative estimate of drug-likeness (QED) is 0.718. The molecule has 0 aromatic heterocycles. The number of rotatable bonds is 7. The summed E-state index contributed by atoms with van der Waals surface area (Å²) in [6.45, 7) is 3.31. The van der Waals surface area contributed by atoms with E-state index in [2.05, 4.69) is 46.7 Å². The minimum absolute atomic E-state index is 0.0603. The van der Waals surface area contributed by atoms with Gasteiger partial charge in [0.25, 0.3) is 0 Å². The molecular formula is C17H27N3O2. The number of aryl methyl sites for hydroxylation is 1. The van der Waals surface area contributed by atoms with Crippen molar-refractivity contribution in [1.29, 1.82) is 0 Å². The Bertz CT molecular complexity index is 495. The van der Waals surface area contributed by atoms with E-state index in [-0.39, 0.29) is 24.1 Å². The van der Waals surface area contributed by atoms with Gasteiger partial charge >= 0.3 is 6.03 Å². The Balaban J connectivity index is 1.83. The van der Waals surface area contributed by atoms with Gasteiger partial charge < -0.3 is 20.6 Å². The number of carbonyl (C=O) groups is 1. The van der Waals surface area contributed by atoms with Crippen LogP contribution in [0, 0.1) is 12.3 Å². The zero-order valence-corrected chi connectivity index (χ0v) is 13.7. The molecule has 122 valence electrons. The SMILES string of the molecule is Cc1ccc(C(CNC(=O)NCC2(CO)CC2)N(C)C)cc1. The molecule has 1 unspecified atom stereocenters. The highest BCUT2D eigenvalue weighted by Crippen LogP contribution is 2.44. The predicted octanol–water partition coefficient (Wildman–Crippen LogP) is 1.67. The zero-order valence-electron chi connectivity index (χ0n) is 13.7. The number of hydrogen-bond donors (Lipinski definition) is 3. The third kappa shape index (κ3) is 4.45. The van der Waals surface area contributed by atoms with Gasteiger partial charge in [0.15, 0.2) is 0 Å². The molecule has 3 N–H and O–H groups in total. The normalized spacial score (nSPS) is 17.1. The van der Waals surface area contributed by atoms with Gasteiger partial charge in [0.2, 0.25) is 0 Å². The fourth-order valence-electron chi connectivity index (χ4n) is 2.47. The van der Waals surface area contributed by atoms with Crippen LogP contribution in [0.5, 0.6) is 0 Å². The average Bonchev–Trinajstić information content (AvgIpc) is 3.27. The second kappa shape index (κ2) is 7.11. The Morgan fingerprint density at radius 1 is 1.27 bits per heavy atom. The first-order valence-electron chi connectivity index (χ1n) is 7.81. The number of aliphatic hydroxyl groups is 1. The van der Waals surface area contributed by atoms with Crippen LogP contribution < -0.4 is 10.6 Å². The monoisotopic (exact) mass is 305 g/mol. The number of nitrogens with zero attached hydrogens (tertiary/aromatic N) is 1. The van der Waals surface area contributed by atoms with E-state index in [4.69, 9.17) is 0 Å². The number of aliphatic hydroxyl groups excluding tert-OH is 1. The van der Waals surface area contributed by atoms with Crippen LogP contribution >= 0.6 is 0 Å². The van der Waals surface area contributed by atoms with Crippen molar-refractivity contribution in [3.05, 3.63) is 35.4 Å². The minimum Gasteiger partial charge on any atom is -0.396 e. The van der Waals surface area contributed by atoms with Crippen LogP contribution in [0.1, 0.15) is 30.0 Å². The smallest absolute Gasteiger partial charge is 0.314 e. The van der Waals surface area contributed by atoms with Gasteiger partial charge in [0, 0.05) is 18.5 Å². The summed E-state index contributed by atoms with van der Waals surface area (Å²) >= 11 is 0. The molecule has 1 aliphatic rings. The van der Waals surface area contributed by atoms with Gasteiger partial charge in [0.1, 0.15) is 0 Å². The van der Waals surface area contributed by atoms with Crippen LogP contribution in [0.15, 0.2) is 24.3 Å². The Labute approximate surface area is 132 Å². The van der Waals surface area contributed by atoms with Gasteiger partial charge in [0.05, 0.1) is 12.6 Å². The van der Waals surface area contributed by atoms with E-state index >= 15 is 0 Å². The lowest BCUT2D eigenvalue weighted by Crippen LogP contribution is -2.42. The summed E-state index contributed by atoms with van der Waals surface area (Å²) in [4.78, 5) is 14.0. The summed E-state index contributed by atoms with van der Waals surface area (Å²) in [5.74, 6) is 0. The van der Waals surface area contributed by atoms with Gasteiger partial charge in [-0.15, -0.1) is 0 Å². The molecule has 1 aromatic carbocycles. The molecule has 1 aliphatic carbocycles. The Hall–Kier alpha value is -1.59. The van der Waals surface area contributed by atoms with E-state index in [0.717, 1.165) is 12.8 Å². The maximum absolute atomic E-state index is 11.9. The number of carbonyl (C=O) groups excluding carboxylic acids is 1. The van der Waals surface area contributed by atoms with E-state index in [1.54, 1.807) is 0 Å². The Kier molecular flexibility index (Phi) is 5.42. The summed E-state index contributed by atoms with van der Waals surface area (Å²) in [6, 6.07) is 8.35. The fraction of sp³-hybridized carbons (Fsp3) is 0.588. The maximum atomic E-state index is 11.9. The Morgan fingerprint density at radius 3 is 2.41 bits per heavy atom. The lowest BCUT2D eigenvalue weighted by molar-refractivity contribution is 0.201. The number of nitrogens with one attached hydrogen (secondary N) is 2. The van der Waals surface area contributed by atoms with Gasteiger partial charge in [-0.3, -0.25) is 0 Å². The third-order valence-corrected chi connectivity index (χ3v) is 4.46.